The molecule has 0 radical (unpaired) electrons. The van der Waals surface area contributed by atoms with Crippen LogP contribution in [0.15, 0.2) is 18.3 Å². The van der Waals surface area contributed by atoms with E-state index in [0.717, 1.165) is 12.4 Å². The lowest BCUT2D eigenvalue weighted by Crippen LogP contribution is -2.36. The van der Waals surface area contributed by atoms with Crippen LogP contribution in [0.2, 0.25) is 0 Å². The smallest absolute Gasteiger partial charge is 0.250 e. The summed E-state index contributed by atoms with van der Waals surface area (Å²) in [6.45, 7) is 5.44. The highest BCUT2D eigenvalue weighted by Crippen LogP contribution is 2.13. The second-order valence-corrected chi connectivity index (χ2v) is 3.85. The first-order valence-corrected chi connectivity index (χ1v) is 5.28. The van der Waals surface area contributed by atoms with E-state index in [2.05, 4.69) is 23.7 Å². The minimum absolute atomic E-state index is 0.315. The zero-order valence-electron chi connectivity index (χ0n) is 9.68. The van der Waals surface area contributed by atoms with Crippen LogP contribution in [0.1, 0.15) is 24.2 Å². The van der Waals surface area contributed by atoms with Gasteiger partial charge in [0.1, 0.15) is 5.82 Å². The maximum Gasteiger partial charge on any atom is 0.250 e. The molecule has 0 fully saturated rings. The number of rotatable bonds is 5. The van der Waals surface area contributed by atoms with Gasteiger partial charge in [-0.25, -0.2) is 4.98 Å². The van der Waals surface area contributed by atoms with Crippen molar-refractivity contribution in [2.24, 2.45) is 11.5 Å². The SMILES string of the molecule is CC(C)N(CCN)c1ccc(C(N)=O)cn1. The van der Waals surface area contributed by atoms with Crippen molar-refractivity contribution >= 4 is 11.7 Å². The molecule has 0 unspecified atom stereocenters. The molecular formula is C11H18N4O. The molecule has 0 saturated carbocycles. The molecule has 0 aliphatic carbocycles. The summed E-state index contributed by atoms with van der Waals surface area (Å²) in [6.07, 6.45) is 1.49. The number of aromatic nitrogens is 1. The summed E-state index contributed by atoms with van der Waals surface area (Å²) in [7, 11) is 0. The molecular weight excluding hydrogens is 204 g/mol. The maximum absolute atomic E-state index is 10.9. The van der Waals surface area contributed by atoms with Crippen LogP contribution < -0.4 is 16.4 Å². The van der Waals surface area contributed by atoms with Crippen LogP contribution in [0, 0.1) is 0 Å². The molecule has 0 aliphatic heterocycles. The molecule has 0 aliphatic rings. The second-order valence-electron chi connectivity index (χ2n) is 3.85. The molecule has 4 N–H and O–H groups in total. The molecule has 0 bridgehead atoms. The molecule has 0 spiro atoms. The number of carbonyl (C=O) groups excluding carboxylic acids is 1. The van der Waals surface area contributed by atoms with Crippen LogP contribution in [0.4, 0.5) is 5.82 Å². The Labute approximate surface area is 95.4 Å². The molecule has 0 saturated heterocycles. The lowest BCUT2D eigenvalue weighted by molar-refractivity contribution is 0.1000. The van der Waals surface area contributed by atoms with Crippen LogP contribution >= 0.6 is 0 Å². The number of anilines is 1. The van der Waals surface area contributed by atoms with Gasteiger partial charge in [-0.1, -0.05) is 0 Å². The molecule has 1 aromatic rings. The highest BCUT2D eigenvalue weighted by molar-refractivity contribution is 5.92. The summed E-state index contributed by atoms with van der Waals surface area (Å²) in [6, 6.07) is 3.78. The third-order valence-corrected chi connectivity index (χ3v) is 2.32. The van der Waals surface area contributed by atoms with Crippen molar-refractivity contribution in [3.05, 3.63) is 23.9 Å². The number of pyridine rings is 1. The van der Waals surface area contributed by atoms with Crippen LogP contribution in [0.5, 0.6) is 0 Å². The van der Waals surface area contributed by atoms with E-state index in [1.165, 1.54) is 6.20 Å². The van der Waals surface area contributed by atoms with Gasteiger partial charge >= 0.3 is 0 Å². The van der Waals surface area contributed by atoms with Crippen LogP contribution in [0.25, 0.3) is 0 Å². The highest BCUT2D eigenvalue weighted by atomic mass is 16.1. The standard InChI is InChI=1S/C11H18N4O/c1-8(2)15(6-5-12)10-4-3-9(7-14-10)11(13)16/h3-4,7-8H,5-6,12H2,1-2H3,(H2,13,16). The van der Waals surface area contributed by atoms with Gasteiger partial charge in [-0.05, 0) is 26.0 Å². The van der Waals surface area contributed by atoms with Gasteiger partial charge in [0.15, 0.2) is 0 Å². The fourth-order valence-electron chi connectivity index (χ4n) is 1.48. The number of primary amides is 1. The number of amides is 1. The zero-order chi connectivity index (χ0) is 12.1. The molecule has 1 aromatic heterocycles. The lowest BCUT2D eigenvalue weighted by atomic mass is 10.2. The number of carbonyl (C=O) groups is 1. The molecule has 1 rings (SSSR count). The summed E-state index contributed by atoms with van der Waals surface area (Å²) in [4.78, 5) is 17.2. The van der Waals surface area contributed by atoms with Crippen LogP contribution in [-0.4, -0.2) is 30.0 Å². The van der Waals surface area contributed by atoms with E-state index in [0.29, 0.717) is 18.2 Å². The minimum Gasteiger partial charge on any atom is -0.366 e. The average molecular weight is 222 g/mol. The van der Waals surface area contributed by atoms with Crippen LogP contribution in [0.3, 0.4) is 0 Å². The summed E-state index contributed by atoms with van der Waals surface area (Å²) in [5, 5.41) is 0. The lowest BCUT2D eigenvalue weighted by Gasteiger charge is -2.27. The van der Waals surface area contributed by atoms with E-state index < -0.39 is 5.91 Å². The molecule has 0 aromatic carbocycles. The first-order valence-electron chi connectivity index (χ1n) is 5.28. The van der Waals surface area contributed by atoms with Crippen molar-refractivity contribution in [2.45, 2.75) is 19.9 Å². The Bertz CT molecular complexity index is 348. The summed E-state index contributed by atoms with van der Waals surface area (Å²) >= 11 is 0. The maximum atomic E-state index is 10.9. The monoisotopic (exact) mass is 222 g/mol. The van der Waals surface area contributed by atoms with E-state index in [1.54, 1.807) is 12.1 Å². The predicted molar refractivity (Wildman–Crippen MR) is 64.3 cm³/mol. The number of nitrogens with zero attached hydrogens (tertiary/aromatic N) is 2. The van der Waals surface area contributed by atoms with Gasteiger partial charge in [0, 0.05) is 25.3 Å². The third kappa shape index (κ3) is 2.93. The van der Waals surface area contributed by atoms with Crippen molar-refractivity contribution < 1.29 is 4.79 Å². The van der Waals surface area contributed by atoms with Crippen molar-refractivity contribution in [1.29, 1.82) is 0 Å². The van der Waals surface area contributed by atoms with Gasteiger partial charge in [-0.15, -0.1) is 0 Å². The second kappa shape index (κ2) is 5.46. The Morgan fingerprint density at radius 2 is 2.19 bits per heavy atom. The molecule has 5 heteroatoms. The van der Waals surface area contributed by atoms with E-state index >= 15 is 0 Å². The van der Waals surface area contributed by atoms with Gasteiger partial charge in [-0.2, -0.15) is 0 Å². The normalized spacial score (nSPS) is 10.5. The number of hydrogen-bond acceptors (Lipinski definition) is 4. The number of hydrogen-bond donors (Lipinski definition) is 2. The minimum atomic E-state index is -0.464. The van der Waals surface area contributed by atoms with Gasteiger partial charge in [0.2, 0.25) is 5.91 Å². The van der Waals surface area contributed by atoms with Gasteiger partial charge in [-0.3, -0.25) is 4.79 Å². The number of nitrogens with two attached hydrogens (primary N) is 2. The van der Waals surface area contributed by atoms with Gasteiger partial charge in [0.25, 0.3) is 0 Å². The Morgan fingerprint density at radius 3 is 2.56 bits per heavy atom. The van der Waals surface area contributed by atoms with Crippen LogP contribution in [-0.2, 0) is 0 Å². The molecule has 16 heavy (non-hydrogen) atoms. The summed E-state index contributed by atoms with van der Waals surface area (Å²) < 4.78 is 0. The quantitative estimate of drug-likeness (QED) is 0.753. The van der Waals surface area contributed by atoms with Crippen molar-refractivity contribution in [1.82, 2.24) is 4.98 Å². The average Bonchev–Trinajstić information content (AvgIpc) is 2.25. The van der Waals surface area contributed by atoms with Crippen molar-refractivity contribution in [3.63, 3.8) is 0 Å². The zero-order valence-corrected chi connectivity index (χ0v) is 9.68. The molecule has 1 heterocycles. The Hall–Kier alpha value is -1.62. The third-order valence-electron chi connectivity index (χ3n) is 2.32. The van der Waals surface area contributed by atoms with Crippen molar-refractivity contribution in [3.8, 4) is 0 Å². The topological polar surface area (TPSA) is 85.2 Å². The van der Waals surface area contributed by atoms with Gasteiger partial charge < -0.3 is 16.4 Å². The van der Waals surface area contributed by atoms with Crippen molar-refractivity contribution in [2.75, 3.05) is 18.0 Å². The van der Waals surface area contributed by atoms with E-state index in [4.69, 9.17) is 11.5 Å². The first kappa shape index (κ1) is 12.4. The first-order chi connectivity index (χ1) is 7.56. The largest absolute Gasteiger partial charge is 0.366 e. The van der Waals surface area contributed by atoms with E-state index in [1.807, 2.05) is 0 Å². The Kier molecular flexibility index (Phi) is 4.25. The molecule has 88 valence electrons. The highest BCUT2D eigenvalue weighted by Gasteiger charge is 2.11. The van der Waals surface area contributed by atoms with Gasteiger partial charge in [0.05, 0.1) is 5.56 Å². The molecule has 5 nitrogen and oxygen atoms in total. The Morgan fingerprint density at radius 1 is 1.50 bits per heavy atom. The fourth-order valence-corrected chi connectivity index (χ4v) is 1.48. The predicted octanol–water partition coefficient (Wildman–Crippen LogP) is 0.354. The molecule has 1 amide bonds. The fraction of sp³-hybridized carbons (Fsp3) is 0.455. The van der Waals surface area contributed by atoms with E-state index in [9.17, 15) is 4.79 Å². The van der Waals surface area contributed by atoms with E-state index in [-0.39, 0.29) is 0 Å². The molecule has 0 atom stereocenters. The summed E-state index contributed by atoms with van der Waals surface area (Å²) in [5.41, 5.74) is 11.1. The summed E-state index contributed by atoms with van der Waals surface area (Å²) in [5.74, 6) is 0.347. The Balaban J connectivity index is 2.89.